The third-order valence-corrected chi connectivity index (χ3v) is 3.68. The first-order valence-electron chi connectivity index (χ1n) is 6.08. The lowest BCUT2D eigenvalue weighted by Gasteiger charge is -2.10. The van der Waals surface area contributed by atoms with E-state index in [2.05, 4.69) is 11.9 Å². The lowest BCUT2D eigenvalue weighted by atomic mass is 10.1. The minimum absolute atomic E-state index is 0.114. The molecule has 0 saturated heterocycles. The summed E-state index contributed by atoms with van der Waals surface area (Å²) in [6.45, 7) is 4.65. The summed E-state index contributed by atoms with van der Waals surface area (Å²) < 4.78 is 5.70. The molecule has 0 unspecified atom stereocenters. The Labute approximate surface area is 112 Å². The molecule has 18 heavy (non-hydrogen) atoms. The molecule has 1 atom stereocenters. The van der Waals surface area contributed by atoms with Gasteiger partial charge in [-0.3, -0.25) is 0 Å². The van der Waals surface area contributed by atoms with Crippen molar-refractivity contribution < 1.29 is 4.74 Å². The highest BCUT2D eigenvalue weighted by atomic mass is 32.1. The van der Waals surface area contributed by atoms with Crippen molar-refractivity contribution in [3.05, 3.63) is 45.9 Å². The van der Waals surface area contributed by atoms with Gasteiger partial charge in [0.15, 0.2) is 0 Å². The van der Waals surface area contributed by atoms with Crippen molar-refractivity contribution >= 4 is 11.3 Å². The predicted molar refractivity (Wildman–Crippen MR) is 74.8 cm³/mol. The van der Waals surface area contributed by atoms with Crippen molar-refractivity contribution in [2.45, 2.75) is 32.9 Å². The molecule has 1 aromatic heterocycles. The van der Waals surface area contributed by atoms with E-state index >= 15 is 0 Å². The number of nitrogens with two attached hydrogens (primary N) is 1. The minimum Gasteiger partial charge on any atom is -0.488 e. The van der Waals surface area contributed by atoms with Crippen molar-refractivity contribution in [3.8, 4) is 5.75 Å². The number of thiazole rings is 1. The Balaban J connectivity index is 1.94. The zero-order valence-electron chi connectivity index (χ0n) is 10.7. The zero-order chi connectivity index (χ0) is 13.0. The summed E-state index contributed by atoms with van der Waals surface area (Å²) >= 11 is 1.66. The highest BCUT2D eigenvalue weighted by Crippen LogP contribution is 2.20. The van der Waals surface area contributed by atoms with E-state index in [1.54, 1.807) is 11.3 Å². The first kappa shape index (κ1) is 13.1. The Morgan fingerprint density at radius 3 is 2.61 bits per heavy atom. The van der Waals surface area contributed by atoms with Gasteiger partial charge in [-0.1, -0.05) is 19.1 Å². The van der Waals surface area contributed by atoms with Crippen molar-refractivity contribution in [2.75, 3.05) is 0 Å². The van der Waals surface area contributed by atoms with E-state index in [0.717, 1.165) is 27.6 Å². The Morgan fingerprint density at radius 1 is 1.33 bits per heavy atom. The third-order valence-electron chi connectivity index (χ3n) is 2.80. The van der Waals surface area contributed by atoms with E-state index < -0.39 is 0 Å². The molecule has 0 saturated carbocycles. The second-order valence-corrected chi connectivity index (χ2v) is 5.54. The maximum absolute atomic E-state index is 5.96. The first-order chi connectivity index (χ1) is 8.69. The van der Waals surface area contributed by atoms with Crippen LogP contribution in [0.2, 0.25) is 0 Å². The van der Waals surface area contributed by atoms with Crippen LogP contribution in [0.5, 0.6) is 5.75 Å². The first-order valence-corrected chi connectivity index (χ1v) is 6.90. The van der Waals surface area contributed by atoms with Gasteiger partial charge in [-0.2, -0.15) is 0 Å². The molecule has 0 radical (unpaired) electrons. The molecule has 1 aromatic carbocycles. The Kier molecular flexibility index (Phi) is 4.33. The van der Waals surface area contributed by atoms with E-state index in [1.807, 2.05) is 37.4 Å². The average molecular weight is 262 g/mol. The van der Waals surface area contributed by atoms with Gasteiger partial charge >= 0.3 is 0 Å². The van der Waals surface area contributed by atoms with Crippen molar-refractivity contribution in [1.82, 2.24) is 4.98 Å². The number of benzene rings is 1. The van der Waals surface area contributed by atoms with Gasteiger partial charge in [0.1, 0.15) is 12.4 Å². The molecular formula is C14H18N2OS. The Morgan fingerprint density at radius 2 is 2.06 bits per heavy atom. The van der Waals surface area contributed by atoms with Gasteiger partial charge in [0, 0.05) is 12.2 Å². The largest absolute Gasteiger partial charge is 0.488 e. The van der Waals surface area contributed by atoms with Gasteiger partial charge in [-0.15, -0.1) is 11.3 Å². The highest BCUT2D eigenvalue weighted by Gasteiger charge is 2.04. The van der Waals surface area contributed by atoms with Crippen LogP contribution in [-0.4, -0.2) is 4.98 Å². The van der Waals surface area contributed by atoms with Crippen LogP contribution >= 0.6 is 11.3 Å². The van der Waals surface area contributed by atoms with Gasteiger partial charge in [-0.05, 0) is 31.0 Å². The van der Waals surface area contributed by atoms with Crippen LogP contribution in [0.25, 0.3) is 0 Å². The number of ether oxygens (including phenoxy) is 1. The summed E-state index contributed by atoms with van der Waals surface area (Å²) in [5.74, 6) is 0.869. The summed E-state index contributed by atoms with van der Waals surface area (Å²) in [5.41, 5.74) is 7.12. The fourth-order valence-electron chi connectivity index (χ4n) is 1.67. The lowest BCUT2D eigenvalue weighted by molar-refractivity contribution is 0.309. The molecule has 2 aromatic rings. The fraction of sp³-hybridized carbons (Fsp3) is 0.357. The molecule has 0 amide bonds. The van der Waals surface area contributed by atoms with Crippen LogP contribution in [0.15, 0.2) is 30.5 Å². The van der Waals surface area contributed by atoms with E-state index in [9.17, 15) is 0 Å². The van der Waals surface area contributed by atoms with Crippen LogP contribution in [0.4, 0.5) is 0 Å². The second kappa shape index (κ2) is 5.98. The monoisotopic (exact) mass is 262 g/mol. The number of aromatic nitrogens is 1. The van der Waals surface area contributed by atoms with Gasteiger partial charge in [0.2, 0.25) is 0 Å². The molecular weight excluding hydrogens is 244 g/mol. The molecule has 2 rings (SSSR count). The quantitative estimate of drug-likeness (QED) is 0.898. The molecule has 4 heteroatoms. The van der Waals surface area contributed by atoms with Gasteiger partial charge < -0.3 is 10.5 Å². The van der Waals surface area contributed by atoms with E-state index in [1.165, 1.54) is 0 Å². The van der Waals surface area contributed by atoms with Crippen LogP contribution < -0.4 is 10.5 Å². The zero-order valence-corrected chi connectivity index (χ0v) is 11.5. The van der Waals surface area contributed by atoms with Crippen LogP contribution in [0, 0.1) is 6.92 Å². The molecule has 3 nitrogen and oxygen atoms in total. The number of nitrogens with zero attached hydrogens (tertiary/aromatic N) is 1. The number of aryl methyl sites for hydroxylation is 1. The number of rotatable bonds is 5. The smallest absolute Gasteiger partial charge is 0.124 e. The van der Waals surface area contributed by atoms with Gasteiger partial charge in [0.25, 0.3) is 0 Å². The van der Waals surface area contributed by atoms with Gasteiger partial charge in [-0.25, -0.2) is 4.98 Å². The molecule has 96 valence electrons. The lowest BCUT2D eigenvalue weighted by Crippen LogP contribution is -2.08. The van der Waals surface area contributed by atoms with E-state index in [-0.39, 0.29) is 6.04 Å². The van der Waals surface area contributed by atoms with E-state index in [4.69, 9.17) is 10.5 Å². The molecule has 2 N–H and O–H groups in total. The predicted octanol–water partition coefficient (Wildman–Crippen LogP) is 3.44. The molecule has 0 spiro atoms. The maximum Gasteiger partial charge on any atom is 0.124 e. The molecule has 0 aliphatic carbocycles. The topological polar surface area (TPSA) is 48.1 Å². The molecule has 0 aliphatic rings. The van der Waals surface area contributed by atoms with Crippen LogP contribution in [0.3, 0.4) is 0 Å². The van der Waals surface area contributed by atoms with Gasteiger partial charge in [0.05, 0.1) is 9.88 Å². The van der Waals surface area contributed by atoms with Crippen molar-refractivity contribution in [1.29, 1.82) is 0 Å². The summed E-state index contributed by atoms with van der Waals surface area (Å²) in [6.07, 6.45) is 2.81. The average Bonchev–Trinajstić information content (AvgIpc) is 2.82. The number of hydrogen-bond donors (Lipinski definition) is 1. The standard InChI is InChI=1S/C14H18N2OS/c1-3-14(15)11-4-6-12(7-5-11)17-9-13-8-16-10(2)18-13/h4-8,14H,3,9,15H2,1-2H3/t14-/m1/s1. The third kappa shape index (κ3) is 3.31. The summed E-state index contributed by atoms with van der Waals surface area (Å²) in [5, 5.41) is 1.07. The van der Waals surface area contributed by atoms with E-state index in [0.29, 0.717) is 6.61 Å². The van der Waals surface area contributed by atoms with Crippen LogP contribution in [-0.2, 0) is 6.61 Å². The van der Waals surface area contributed by atoms with Crippen molar-refractivity contribution in [3.63, 3.8) is 0 Å². The SMILES string of the molecule is CC[C@@H](N)c1ccc(OCc2cnc(C)s2)cc1. The normalized spacial score (nSPS) is 12.4. The Bertz CT molecular complexity index is 493. The minimum atomic E-state index is 0.114. The number of hydrogen-bond acceptors (Lipinski definition) is 4. The molecule has 0 bridgehead atoms. The van der Waals surface area contributed by atoms with Crippen molar-refractivity contribution in [2.24, 2.45) is 5.73 Å². The summed E-state index contributed by atoms with van der Waals surface area (Å²) in [4.78, 5) is 5.34. The summed E-state index contributed by atoms with van der Waals surface area (Å²) in [6, 6.07) is 8.11. The highest BCUT2D eigenvalue weighted by molar-refractivity contribution is 7.11. The molecule has 1 heterocycles. The molecule has 0 aliphatic heterocycles. The summed E-state index contributed by atoms with van der Waals surface area (Å²) in [7, 11) is 0. The second-order valence-electron chi connectivity index (χ2n) is 4.22. The Hall–Kier alpha value is -1.39. The fourth-order valence-corrected chi connectivity index (χ4v) is 2.38. The van der Waals surface area contributed by atoms with Crippen LogP contribution in [0.1, 0.15) is 34.8 Å². The molecule has 0 fully saturated rings. The maximum atomic E-state index is 5.96.